The molecule has 1 saturated heterocycles. The van der Waals surface area contributed by atoms with E-state index in [1.807, 2.05) is 48.2 Å². The summed E-state index contributed by atoms with van der Waals surface area (Å²) in [6.07, 6.45) is 0. The van der Waals surface area contributed by atoms with Gasteiger partial charge in [-0.1, -0.05) is 30.3 Å². The molecule has 0 radical (unpaired) electrons. The van der Waals surface area contributed by atoms with Crippen molar-refractivity contribution in [1.29, 1.82) is 0 Å². The van der Waals surface area contributed by atoms with E-state index in [1.165, 1.54) is 0 Å². The molecule has 3 rings (SSSR count). The van der Waals surface area contributed by atoms with Crippen molar-refractivity contribution in [2.75, 3.05) is 45.9 Å². The van der Waals surface area contributed by atoms with Gasteiger partial charge in [0, 0.05) is 50.5 Å². The van der Waals surface area contributed by atoms with Crippen molar-refractivity contribution in [3.8, 4) is 11.1 Å². The maximum atomic E-state index is 12.8. The van der Waals surface area contributed by atoms with E-state index in [0.29, 0.717) is 11.1 Å². The molecule has 148 valence electrons. The standard InChI is InChI=1S/C22H27N3O3/c1-2-28-16-15-24-11-13-25(14-12-24)22(27)18-9-7-17(8-10-18)19-5-3-4-6-20(19)21(23)26/h3-10H,2,11-16H2,1H3,(H2,23,26). The maximum Gasteiger partial charge on any atom is 0.253 e. The van der Waals surface area contributed by atoms with Gasteiger partial charge in [0.1, 0.15) is 0 Å². The second kappa shape index (κ2) is 9.48. The number of carbonyl (C=O) groups excluding carboxylic acids is 2. The molecule has 1 heterocycles. The van der Waals surface area contributed by atoms with Crippen molar-refractivity contribution in [3.05, 3.63) is 59.7 Å². The molecular formula is C22H27N3O3. The summed E-state index contributed by atoms with van der Waals surface area (Å²) >= 11 is 0. The third-order valence-electron chi connectivity index (χ3n) is 5.05. The lowest BCUT2D eigenvalue weighted by Crippen LogP contribution is -2.49. The van der Waals surface area contributed by atoms with E-state index >= 15 is 0 Å². The van der Waals surface area contributed by atoms with Gasteiger partial charge in [-0.3, -0.25) is 14.5 Å². The lowest BCUT2D eigenvalue weighted by molar-refractivity contribution is 0.0565. The molecule has 0 unspecified atom stereocenters. The van der Waals surface area contributed by atoms with E-state index in [0.717, 1.165) is 57.1 Å². The summed E-state index contributed by atoms with van der Waals surface area (Å²) in [4.78, 5) is 28.6. The molecular weight excluding hydrogens is 354 g/mol. The van der Waals surface area contributed by atoms with Crippen molar-refractivity contribution in [2.24, 2.45) is 5.73 Å². The SMILES string of the molecule is CCOCCN1CCN(C(=O)c2ccc(-c3ccccc3C(N)=O)cc2)CC1. The fourth-order valence-electron chi connectivity index (χ4n) is 3.44. The fraction of sp³-hybridized carbons (Fsp3) is 0.364. The van der Waals surface area contributed by atoms with E-state index in [-0.39, 0.29) is 5.91 Å². The molecule has 28 heavy (non-hydrogen) atoms. The minimum atomic E-state index is -0.460. The van der Waals surface area contributed by atoms with Crippen LogP contribution in [0.5, 0.6) is 0 Å². The summed E-state index contributed by atoms with van der Waals surface area (Å²) in [5, 5.41) is 0. The van der Waals surface area contributed by atoms with Gasteiger partial charge < -0.3 is 15.4 Å². The van der Waals surface area contributed by atoms with Crippen LogP contribution in [0.15, 0.2) is 48.5 Å². The van der Waals surface area contributed by atoms with Crippen molar-refractivity contribution >= 4 is 11.8 Å². The van der Waals surface area contributed by atoms with Gasteiger partial charge in [-0.2, -0.15) is 0 Å². The minimum Gasteiger partial charge on any atom is -0.380 e. The highest BCUT2D eigenvalue weighted by Gasteiger charge is 2.22. The van der Waals surface area contributed by atoms with E-state index in [1.54, 1.807) is 12.1 Å². The van der Waals surface area contributed by atoms with Gasteiger partial charge >= 0.3 is 0 Å². The van der Waals surface area contributed by atoms with E-state index in [4.69, 9.17) is 10.5 Å². The van der Waals surface area contributed by atoms with Crippen LogP contribution in [0.1, 0.15) is 27.6 Å². The number of hydrogen-bond acceptors (Lipinski definition) is 4. The smallest absolute Gasteiger partial charge is 0.253 e. The molecule has 1 fully saturated rings. The van der Waals surface area contributed by atoms with Crippen LogP contribution >= 0.6 is 0 Å². The normalized spacial score (nSPS) is 14.8. The van der Waals surface area contributed by atoms with Crippen LogP contribution in [0.2, 0.25) is 0 Å². The number of amides is 2. The summed E-state index contributed by atoms with van der Waals surface area (Å²) in [5.74, 6) is -0.419. The minimum absolute atomic E-state index is 0.0409. The number of nitrogens with two attached hydrogens (primary N) is 1. The summed E-state index contributed by atoms with van der Waals surface area (Å²) < 4.78 is 5.40. The first-order chi connectivity index (χ1) is 13.6. The molecule has 6 heteroatoms. The lowest BCUT2D eigenvalue weighted by Gasteiger charge is -2.34. The Hall–Kier alpha value is -2.70. The first-order valence-corrected chi connectivity index (χ1v) is 9.68. The largest absolute Gasteiger partial charge is 0.380 e. The topological polar surface area (TPSA) is 75.9 Å². The first kappa shape index (κ1) is 20.0. The summed E-state index contributed by atoms with van der Waals surface area (Å²) in [6, 6.07) is 14.6. The van der Waals surface area contributed by atoms with Crippen LogP contribution in [0.4, 0.5) is 0 Å². The molecule has 0 saturated carbocycles. The Bertz CT molecular complexity index is 812. The van der Waals surface area contributed by atoms with Gasteiger partial charge in [0.25, 0.3) is 5.91 Å². The van der Waals surface area contributed by atoms with E-state index < -0.39 is 5.91 Å². The molecule has 2 aromatic carbocycles. The molecule has 2 N–H and O–H groups in total. The molecule has 0 aliphatic carbocycles. The van der Waals surface area contributed by atoms with Crippen molar-refractivity contribution in [1.82, 2.24) is 9.80 Å². The quantitative estimate of drug-likeness (QED) is 0.747. The second-order valence-corrected chi connectivity index (χ2v) is 6.82. The van der Waals surface area contributed by atoms with Crippen LogP contribution in [-0.2, 0) is 4.74 Å². The zero-order valence-corrected chi connectivity index (χ0v) is 16.3. The Balaban J connectivity index is 1.63. The van der Waals surface area contributed by atoms with Crippen molar-refractivity contribution < 1.29 is 14.3 Å². The van der Waals surface area contributed by atoms with Crippen LogP contribution in [0.3, 0.4) is 0 Å². The summed E-state index contributed by atoms with van der Waals surface area (Å²) in [6.45, 7) is 7.54. The monoisotopic (exact) mass is 381 g/mol. The number of benzene rings is 2. The third kappa shape index (κ3) is 4.77. The Kier molecular flexibility index (Phi) is 6.79. The Morgan fingerprint density at radius 2 is 1.68 bits per heavy atom. The average Bonchev–Trinajstić information content (AvgIpc) is 2.74. The second-order valence-electron chi connectivity index (χ2n) is 6.82. The highest BCUT2D eigenvalue weighted by atomic mass is 16.5. The molecule has 0 atom stereocenters. The predicted octanol–water partition coefficient (Wildman–Crippen LogP) is 2.25. The Labute approximate surface area is 165 Å². The lowest BCUT2D eigenvalue weighted by atomic mass is 9.98. The number of ether oxygens (including phenoxy) is 1. The van der Waals surface area contributed by atoms with Gasteiger partial charge in [0.05, 0.1) is 6.61 Å². The summed E-state index contributed by atoms with van der Waals surface area (Å²) in [5.41, 5.74) is 8.24. The number of carbonyl (C=O) groups is 2. The van der Waals surface area contributed by atoms with Crippen molar-refractivity contribution in [2.45, 2.75) is 6.92 Å². The van der Waals surface area contributed by atoms with Gasteiger partial charge in [-0.15, -0.1) is 0 Å². The van der Waals surface area contributed by atoms with Crippen LogP contribution in [-0.4, -0.2) is 67.6 Å². The third-order valence-corrected chi connectivity index (χ3v) is 5.05. The Morgan fingerprint density at radius 3 is 2.32 bits per heavy atom. The van der Waals surface area contributed by atoms with Gasteiger partial charge in [-0.05, 0) is 36.2 Å². The number of hydrogen-bond donors (Lipinski definition) is 1. The van der Waals surface area contributed by atoms with Crippen LogP contribution < -0.4 is 5.73 Å². The number of nitrogens with zero attached hydrogens (tertiary/aromatic N) is 2. The van der Waals surface area contributed by atoms with Gasteiger partial charge in [0.15, 0.2) is 0 Å². The molecule has 0 spiro atoms. The Morgan fingerprint density at radius 1 is 1.00 bits per heavy atom. The maximum absolute atomic E-state index is 12.8. The zero-order chi connectivity index (χ0) is 19.9. The van der Waals surface area contributed by atoms with Crippen LogP contribution in [0, 0.1) is 0 Å². The van der Waals surface area contributed by atoms with Crippen molar-refractivity contribution in [3.63, 3.8) is 0 Å². The zero-order valence-electron chi connectivity index (χ0n) is 16.3. The highest BCUT2D eigenvalue weighted by Crippen LogP contribution is 2.24. The number of primary amides is 1. The molecule has 2 aromatic rings. The fourth-order valence-corrected chi connectivity index (χ4v) is 3.44. The van der Waals surface area contributed by atoms with E-state index in [2.05, 4.69) is 4.90 Å². The van der Waals surface area contributed by atoms with Gasteiger partial charge in [-0.25, -0.2) is 0 Å². The average molecular weight is 381 g/mol. The molecule has 1 aliphatic rings. The predicted molar refractivity (Wildman–Crippen MR) is 109 cm³/mol. The molecule has 0 aromatic heterocycles. The number of piperazine rings is 1. The van der Waals surface area contributed by atoms with E-state index in [9.17, 15) is 9.59 Å². The highest BCUT2D eigenvalue weighted by molar-refractivity contribution is 6.00. The molecule has 6 nitrogen and oxygen atoms in total. The molecule has 2 amide bonds. The first-order valence-electron chi connectivity index (χ1n) is 9.68. The van der Waals surface area contributed by atoms with Crippen LogP contribution in [0.25, 0.3) is 11.1 Å². The molecule has 1 aliphatic heterocycles. The van der Waals surface area contributed by atoms with Gasteiger partial charge in [0.2, 0.25) is 5.91 Å². The summed E-state index contributed by atoms with van der Waals surface area (Å²) in [7, 11) is 0. The molecule has 0 bridgehead atoms. The number of rotatable bonds is 7.